The van der Waals surface area contributed by atoms with E-state index in [9.17, 15) is 4.79 Å². The van der Waals surface area contributed by atoms with Crippen molar-refractivity contribution < 1.29 is 4.79 Å². The van der Waals surface area contributed by atoms with Crippen LogP contribution in [-0.2, 0) is 4.79 Å². The molecule has 1 rings (SSSR count). The van der Waals surface area contributed by atoms with Crippen LogP contribution in [0.2, 0.25) is 0 Å². The standard InChI is InChI=1S/C10H14N2OS2/c1-2-7(8-4-3-5-15-8)12-10(13)6-9(11)14/h3-5,7H,2,6H2,1H3,(H2,11,14)(H,12,13). The highest BCUT2D eigenvalue weighted by atomic mass is 32.1. The Morgan fingerprint density at radius 3 is 2.93 bits per heavy atom. The molecule has 0 fully saturated rings. The van der Waals surface area contributed by atoms with Crippen LogP contribution < -0.4 is 11.1 Å². The van der Waals surface area contributed by atoms with Gasteiger partial charge >= 0.3 is 0 Å². The van der Waals surface area contributed by atoms with Gasteiger partial charge in [0.2, 0.25) is 5.91 Å². The molecule has 1 atom stereocenters. The second kappa shape index (κ2) is 5.82. The van der Waals surface area contributed by atoms with Gasteiger partial charge in [0, 0.05) is 4.88 Å². The van der Waals surface area contributed by atoms with E-state index in [0.29, 0.717) is 0 Å². The van der Waals surface area contributed by atoms with Crippen molar-refractivity contribution in [1.82, 2.24) is 5.32 Å². The number of nitrogens with one attached hydrogen (secondary N) is 1. The molecule has 0 aliphatic rings. The molecule has 1 aromatic heterocycles. The summed E-state index contributed by atoms with van der Waals surface area (Å²) in [6.45, 7) is 2.03. The molecule has 1 amide bonds. The summed E-state index contributed by atoms with van der Waals surface area (Å²) in [5.74, 6) is -0.109. The largest absolute Gasteiger partial charge is 0.393 e. The highest BCUT2D eigenvalue weighted by molar-refractivity contribution is 7.80. The summed E-state index contributed by atoms with van der Waals surface area (Å²) < 4.78 is 0. The molecule has 0 spiro atoms. The number of carbonyl (C=O) groups is 1. The summed E-state index contributed by atoms with van der Waals surface area (Å²) in [5, 5.41) is 4.90. The molecule has 0 bridgehead atoms. The van der Waals surface area contributed by atoms with Crippen LogP contribution in [-0.4, -0.2) is 10.9 Å². The number of amides is 1. The molecule has 1 aromatic rings. The molecule has 82 valence electrons. The zero-order valence-electron chi connectivity index (χ0n) is 8.53. The minimum absolute atomic E-state index is 0.0758. The first-order valence-electron chi connectivity index (χ1n) is 4.74. The lowest BCUT2D eigenvalue weighted by molar-refractivity contribution is -0.120. The van der Waals surface area contributed by atoms with E-state index in [4.69, 9.17) is 5.73 Å². The van der Waals surface area contributed by atoms with Gasteiger partial charge in [-0.05, 0) is 17.9 Å². The first kappa shape index (κ1) is 12.1. The molecular weight excluding hydrogens is 228 g/mol. The van der Waals surface area contributed by atoms with E-state index in [2.05, 4.69) is 17.5 Å². The van der Waals surface area contributed by atoms with Crippen molar-refractivity contribution in [2.45, 2.75) is 25.8 Å². The molecule has 3 nitrogen and oxygen atoms in total. The van der Waals surface area contributed by atoms with Gasteiger partial charge in [-0.3, -0.25) is 4.79 Å². The van der Waals surface area contributed by atoms with Crippen LogP contribution in [0, 0.1) is 0 Å². The quantitative estimate of drug-likeness (QED) is 0.776. The van der Waals surface area contributed by atoms with Crippen molar-refractivity contribution in [3.8, 4) is 0 Å². The van der Waals surface area contributed by atoms with Crippen LogP contribution >= 0.6 is 23.6 Å². The van der Waals surface area contributed by atoms with E-state index in [-0.39, 0.29) is 23.4 Å². The Bertz CT molecular complexity index is 335. The van der Waals surface area contributed by atoms with E-state index in [1.54, 1.807) is 11.3 Å². The van der Waals surface area contributed by atoms with Crippen LogP contribution in [0.15, 0.2) is 17.5 Å². The van der Waals surface area contributed by atoms with E-state index in [0.717, 1.165) is 11.3 Å². The molecule has 0 aliphatic heterocycles. The third-order valence-corrected chi connectivity index (χ3v) is 3.10. The molecular formula is C10H14N2OS2. The van der Waals surface area contributed by atoms with Crippen molar-refractivity contribution in [2.24, 2.45) is 5.73 Å². The summed E-state index contributed by atoms with van der Waals surface area (Å²) >= 11 is 6.32. The molecule has 1 unspecified atom stereocenters. The summed E-state index contributed by atoms with van der Waals surface area (Å²) in [6.07, 6.45) is 0.987. The van der Waals surface area contributed by atoms with Crippen molar-refractivity contribution in [1.29, 1.82) is 0 Å². The van der Waals surface area contributed by atoms with Crippen molar-refractivity contribution >= 4 is 34.5 Å². The molecule has 0 radical (unpaired) electrons. The van der Waals surface area contributed by atoms with Gasteiger partial charge in [0.1, 0.15) is 0 Å². The van der Waals surface area contributed by atoms with E-state index in [1.165, 1.54) is 0 Å². The molecule has 0 aliphatic carbocycles. The fraction of sp³-hybridized carbons (Fsp3) is 0.400. The molecule has 1 heterocycles. The minimum atomic E-state index is -0.109. The molecule has 0 aromatic carbocycles. The Kier molecular flexibility index (Phi) is 4.71. The van der Waals surface area contributed by atoms with Crippen LogP contribution in [0.4, 0.5) is 0 Å². The van der Waals surface area contributed by atoms with Crippen molar-refractivity contribution in [3.63, 3.8) is 0 Å². The summed E-state index contributed by atoms with van der Waals surface area (Å²) in [6, 6.07) is 4.06. The highest BCUT2D eigenvalue weighted by Gasteiger charge is 2.13. The Labute approximate surface area is 98.7 Å². The first-order valence-corrected chi connectivity index (χ1v) is 6.03. The summed E-state index contributed by atoms with van der Waals surface area (Å²) in [5.41, 5.74) is 5.30. The van der Waals surface area contributed by atoms with Gasteiger partial charge < -0.3 is 11.1 Å². The average Bonchev–Trinajstić information content (AvgIpc) is 2.65. The normalized spacial score (nSPS) is 12.1. The van der Waals surface area contributed by atoms with Crippen LogP contribution in [0.5, 0.6) is 0 Å². The van der Waals surface area contributed by atoms with Gasteiger partial charge in [0.05, 0.1) is 17.5 Å². The van der Waals surface area contributed by atoms with Gasteiger partial charge in [0.25, 0.3) is 0 Å². The van der Waals surface area contributed by atoms with Crippen molar-refractivity contribution in [2.75, 3.05) is 0 Å². The number of rotatable bonds is 5. The monoisotopic (exact) mass is 242 g/mol. The van der Waals surface area contributed by atoms with Crippen molar-refractivity contribution in [3.05, 3.63) is 22.4 Å². The average molecular weight is 242 g/mol. The fourth-order valence-electron chi connectivity index (χ4n) is 1.27. The second-order valence-corrected chi connectivity index (χ2v) is 4.69. The fourth-order valence-corrected chi connectivity index (χ4v) is 2.26. The Balaban J connectivity index is 2.54. The van der Waals surface area contributed by atoms with Gasteiger partial charge in [-0.1, -0.05) is 25.2 Å². The van der Waals surface area contributed by atoms with Gasteiger partial charge in [-0.25, -0.2) is 0 Å². The molecule has 5 heteroatoms. The Morgan fingerprint density at radius 2 is 2.47 bits per heavy atom. The summed E-state index contributed by atoms with van der Waals surface area (Å²) in [7, 11) is 0. The molecule has 0 saturated heterocycles. The maximum absolute atomic E-state index is 11.4. The predicted molar refractivity (Wildman–Crippen MR) is 66.9 cm³/mol. The lowest BCUT2D eigenvalue weighted by atomic mass is 10.2. The lowest BCUT2D eigenvalue weighted by Crippen LogP contribution is -2.30. The first-order chi connectivity index (χ1) is 7.13. The van der Waals surface area contributed by atoms with Crippen LogP contribution in [0.3, 0.4) is 0 Å². The van der Waals surface area contributed by atoms with Gasteiger partial charge in [-0.2, -0.15) is 0 Å². The topological polar surface area (TPSA) is 55.1 Å². The summed E-state index contributed by atoms with van der Waals surface area (Å²) in [4.78, 5) is 12.8. The van der Waals surface area contributed by atoms with E-state index < -0.39 is 0 Å². The maximum Gasteiger partial charge on any atom is 0.227 e. The minimum Gasteiger partial charge on any atom is -0.393 e. The smallest absolute Gasteiger partial charge is 0.227 e. The third kappa shape index (κ3) is 3.97. The molecule has 0 saturated carbocycles. The Morgan fingerprint density at radius 1 is 1.73 bits per heavy atom. The number of hydrogen-bond acceptors (Lipinski definition) is 3. The highest BCUT2D eigenvalue weighted by Crippen LogP contribution is 2.21. The van der Waals surface area contributed by atoms with Gasteiger partial charge in [-0.15, -0.1) is 11.3 Å². The number of carbonyl (C=O) groups excluding carboxylic acids is 1. The zero-order chi connectivity index (χ0) is 11.3. The Hall–Kier alpha value is -0.940. The number of nitrogens with two attached hydrogens (primary N) is 1. The van der Waals surface area contributed by atoms with E-state index >= 15 is 0 Å². The molecule has 3 N–H and O–H groups in total. The zero-order valence-corrected chi connectivity index (χ0v) is 10.2. The SMILES string of the molecule is CCC(NC(=O)CC(N)=S)c1cccs1. The van der Waals surface area contributed by atoms with Gasteiger partial charge in [0.15, 0.2) is 0 Å². The number of thiophene rings is 1. The predicted octanol–water partition coefficient (Wildman–Crippen LogP) is 1.99. The lowest BCUT2D eigenvalue weighted by Gasteiger charge is -2.14. The molecule has 15 heavy (non-hydrogen) atoms. The second-order valence-electron chi connectivity index (χ2n) is 3.19. The number of thiocarbonyl (C=S) groups is 1. The maximum atomic E-state index is 11.4. The van der Waals surface area contributed by atoms with E-state index in [1.807, 2.05) is 24.4 Å². The number of hydrogen-bond donors (Lipinski definition) is 2. The van der Waals surface area contributed by atoms with Crippen LogP contribution in [0.25, 0.3) is 0 Å². The van der Waals surface area contributed by atoms with Crippen LogP contribution in [0.1, 0.15) is 30.7 Å². The third-order valence-electron chi connectivity index (χ3n) is 1.96.